The van der Waals surface area contributed by atoms with Gasteiger partial charge in [-0.1, -0.05) is 64.9 Å². The van der Waals surface area contributed by atoms with E-state index in [0.717, 1.165) is 51.4 Å². The van der Waals surface area contributed by atoms with Crippen LogP contribution in [0.1, 0.15) is 84.5 Å². The topological polar surface area (TPSA) is 108 Å². The average Bonchev–Trinajstić information content (AvgIpc) is 3.24. The normalized spacial score (nSPS) is 20.2. The van der Waals surface area contributed by atoms with Crippen LogP contribution in [-0.4, -0.2) is 35.0 Å². The zero-order chi connectivity index (χ0) is 22.1. The number of hydroxylamine groups is 1. The lowest BCUT2D eigenvalue weighted by Crippen LogP contribution is -2.57. The summed E-state index contributed by atoms with van der Waals surface area (Å²) in [4.78, 5) is 38.1. The first-order chi connectivity index (χ1) is 14.3. The third kappa shape index (κ3) is 7.11. The molecule has 7 heteroatoms. The van der Waals surface area contributed by atoms with Crippen LogP contribution in [0, 0.1) is 17.3 Å². The van der Waals surface area contributed by atoms with Crippen molar-refractivity contribution in [1.82, 2.24) is 16.1 Å². The first kappa shape index (κ1) is 24.4. The predicted octanol–water partition coefficient (Wildman–Crippen LogP) is 3.22. The maximum Gasteiger partial charge on any atom is 0.244 e. The lowest BCUT2D eigenvalue weighted by atomic mass is 9.82. The molecule has 0 aromatic rings. The SMILES string of the molecule is C=CC(C)(C)C(NC(=O)C(CC(=O)NO)CC1CCCC1)C(=O)NC1CCCCC1. The van der Waals surface area contributed by atoms with Gasteiger partial charge in [0, 0.05) is 23.8 Å². The smallest absolute Gasteiger partial charge is 0.244 e. The minimum atomic E-state index is -0.771. The predicted molar refractivity (Wildman–Crippen MR) is 116 cm³/mol. The maximum absolute atomic E-state index is 13.2. The largest absolute Gasteiger partial charge is 0.352 e. The van der Waals surface area contributed by atoms with Gasteiger partial charge in [-0.25, -0.2) is 5.48 Å². The average molecular weight is 422 g/mol. The van der Waals surface area contributed by atoms with E-state index in [1.54, 1.807) is 11.6 Å². The van der Waals surface area contributed by atoms with Crippen LogP contribution in [0.15, 0.2) is 12.7 Å². The Morgan fingerprint density at radius 1 is 1.03 bits per heavy atom. The van der Waals surface area contributed by atoms with Crippen molar-refractivity contribution in [3.63, 3.8) is 0 Å². The second kappa shape index (κ2) is 11.5. The highest BCUT2D eigenvalue weighted by Crippen LogP contribution is 2.32. The number of nitrogens with one attached hydrogen (secondary N) is 3. The van der Waals surface area contributed by atoms with Gasteiger partial charge in [-0.2, -0.15) is 0 Å². The molecule has 2 saturated carbocycles. The number of hydrogen-bond donors (Lipinski definition) is 4. The van der Waals surface area contributed by atoms with Crippen LogP contribution in [0.4, 0.5) is 0 Å². The fourth-order valence-corrected chi connectivity index (χ4v) is 4.70. The van der Waals surface area contributed by atoms with Gasteiger partial charge in [-0.3, -0.25) is 19.6 Å². The molecule has 3 amide bonds. The number of carbonyl (C=O) groups excluding carboxylic acids is 3. The van der Waals surface area contributed by atoms with Gasteiger partial charge in [-0.05, 0) is 25.2 Å². The molecule has 4 N–H and O–H groups in total. The van der Waals surface area contributed by atoms with Crippen LogP contribution in [0.2, 0.25) is 0 Å². The summed E-state index contributed by atoms with van der Waals surface area (Å²) >= 11 is 0. The van der Waals surface area contributed by atoms with E-state index in [1.165, 1.54) is 6.42 Å². The van der Waals surface area contributed by atoms with Crippen LogP contribution in [-0.2, 0) is 14.4 Å². The van der Waals surface area contributed by atoms with Gasteiger partial charge in [-0.15, -0.1) is 6.58 Å². The van der Waals surface area contributed by atoms with Crippen LogP contribution in [0.5, 0.6) is 0 Å². The molecule has 0 spiro atoms. The van der Waals surface area contributed by atoms with Gasteiger partial charge in [0.25, 0.3) is 0 Å². The Balaban J connectivity index is 2.10. The third-order valence-corrected chi connectivity index (χ3v) is 6.79. The van der Waals surface area contributed by atoms with E-state index < -0.39 is 23.3 Å². The molecule has 2 atom stereocenters. The molecule has 0 aromatic heterocycles. The van der Waals surface area contributed by atoms with Gasteiger partial charge >= 0.3 is 0 Å². The molecule has 170 valence electrons. The molecule has 0 saturated heterocycles. The van der Waals surface area contributed by atoms with Crippen molar-refractivity contribution in [3.05, 3.63) is 12.7 Å². The van der Waals surface area contributed by atoms with Gasteiger partial charge in [0.1, 0.15) is 6.04 Å². The monoisotopic (exact) mass is 421 g/mol. The van der Waals surface area contributed by atoms with E-state index in [-0.39, 0.29) is 24.3 Å². The highest BCUT2D eigenvalue weighted by atomic mass is 16.5. The van der Waals surface area contributed by atoms with Crippen molar-refractivity contribution >= 4 is 17.7 Å². The maximum atomic E-state index is 13.2. The second-order valence-electron chi connectivity index (χ2n) is 9.63. The van der Waals surface area contributed by atoms with Crippen molar-refractivity contribution in [2.45, 2.75) is 96.6 Å². The fraction of sp³-hybridized carbons (Fsp3) is 0.783. The van der Waals surface area contributed by atoms with Gasteiger partial charge in [0.2, 0.25) is 17.7 Å². The summed E-state index contributed by atoms with van der Waals surface area (Å²) in [7, 11) is 0. The summed E-state index contributed by atoms with van der Waals surface area (Å²) in [5, 5.41) is 15.0. The summed E-state index contributed by atoms with van der Waals surface area (Å²) in [6.45, 7) is 7.60. The molecule has 2 unspecified atom stereocenters. The van der Waals surface area contributed by atoms with Crippen LogP contribution in [0.25, 0.3) is 0 Å². The van der Waals surface area contributed by atoms with E-state index >= 15 is 0 Å². The molecule has 2 fully saturated rings. The summed E-state index contributed by atoms with van der Waals surface area (Å²) < 4.78 is 0. The molecule has 0 aromatic carbocycles. The van der Waals surface area contributed by atoms with E-state index in [0.29, 0.717) is 12.3 Å². The minimum Gasteiger partial charge on any atom is -0.352 e. The second-order valence-corrected chi connectivity index (χ2v) is 9.63. The standard InChI is InChI=1S/C23H39N3O4/c1-4-23(2,3)20(22(29)24-18-12-6-5-7-13-18)25-21(28)17(15-19(27)26-30)14-16-10-8-9-11-16/h4,16-18,20,30H,1,5-15H2,2-3H3,(H,24,29)(H,25,28)(H,26,27). The Hall–Kier alpha value is -1.89. The summed E-state index contributed by atoms with van der Waals surface area (Å²) in [5.74, 6) is -1.28. The summed E-state index contributed by atoms with van der Waals surface area (Å²) in [6, 6.07) is -0.631. The van der Waals surface area contributed by atoms with E-state index in [1.807, 2.05) is 13.8 Å². The zero-order valence-corrected chi connectivity index (χ0v) is 18.5. The first-order valence-corrected chi connectivity index (χ1v) is 11.4. The van der Waals surface area contributed by atoms with E-state index in [2.05, 4.69) is 17.2 Å². The molecule has 0 bridgehead atoms. The highest BCUT2D eigenvalue weighted by molar-refractivity contribution is 5.91. The van der Waals surface area contributed by atoms with Crippen molar-refractivity contribution in [2.24, 2.45) is 17.3 Å². The van der Waals surface area contributed by atoms with E-state index in [9.17, 15) is 14.4 Å². The zero-order valence-electron chi connectivity index (χ0n) is 18.5. The third-order valence-electron chi connectivity index (χ3n) is 6.79. The molecule has 0 heterocycles. The van der Waals surface area contributed by atoms with Crippen molar-refractivity contribution < 1.29 is 19.6 Å². The molecular weight excluding hydrogens is 382 g/mol. The van der Waals surface area contributed by atoms with Gasteiger partial charge < -0.3 is 10.6 Å². The molecular formula is C23H39N3O4. The fourth-order valence-electron chi connectivity index (χ4n) is 4.70. The van der Waals surface area contributed by atoms with Crippen LogP contribution >= 0.6 is 0 Å². The quantitative estimate of drug-likeness (QED) is 0.247. The Labute approximate surface area is 180 Å². The summed E-state index contributed by atoms with van der Waals surface area (Å²) in [6.07, 6.45) is 11.9. The molecule has 2 rings (SSSR count). The van der Waals surface area contributed by atoms with Crippen molar-refractivity contribution in [1.29, 1.82) is 0 Å². The first-order valence-electron chi connectivity index (χ1n) is 11.4. The Bertz CT molecular complexity index is 608. The molecule has 2 aliphatic carbocycles. The van der Waals surface area contributed by atoms with Crippen molar-refractivity contribution in [2.75, 3.05) is 0 Å². The van der Waals surface area contributed by atoms with E-state index in [4.69, 9.17) is 5.21 Å². The molecule has 7 nitrogen and oxygen atoms in total. The van der Waals surface area contributed by atoms with Gasteiger partial charge in [0.05, 0.1) is 0 Å². The number of carbonyl (C=O) groups is 3. The number of rotatable bonds is 10. The minimum absolute atomic E-state index is 0.0929. The number of hydrogen-bond acceptors (Lipinski definition) is 4. The lowest BCUT2D eigenvalue weighted by molar-refractivity contribution is -0.137. The van der Waals surface area contributed by atoms with Gasteiger partial charge in [0.15, 0.2) is 0 Å². The number of amides is 3. The van der Waals surface area contributed by atoms with Crippen LogP contribution in [0.3, 0.4) is 0 Å². The molecule has 0 radical (unpaired) electrons. The summed E-state index contributed by atoms with van der Waals surface area (Å²) in [5.41, 5.74) is 0.985. The van der Waals surface area contributed by atoms with Crippen molar-refractivity contribution in [3.8, 4) is 0 Å². The molecule has 0 aliphatic heterocycles. The molecule has 30 heavy (non-hydrogen) atoms. The Kier molecular flexibility index (Phi) is 9.34. The Morgan fingerprint density at radius 3 is 2.20 bits per heavy atom. The molecule has 2 aliphatic rings. The lowest BCUT2D eigenvalue weighted by Gasteiger charge is -2.34. The Morgan fingerprint density at radius 2 is 1.63 bits per heavy atom. The van der Waals surface area contributed by atoms with Crippen LogP contribution < -0.4 is 16.1 Å². The highest BCUT2D eigenvalue weighted by Gasteiger charge is 2.37.